The molecule has 2 rings (SSSR count). The number of anilines is 1. The van der Waals surface area contributed by atoms with Gasteiger partial charge >= 0.3 is 17.8 Å². The summed E-state index contributed by atoms with van der Waals surface area (Å²) < 4.78 is 10.2. The Morgan fingerprint density at radius 1 is 1.00 bits per heavy atom. The molecule has 0 aliphatic heterocycles. The van der Waals surface area contributed by atoms with Crippen molar-refractivity contribution < 1.29 is 29.0 Å². The second kappa shape index (κ2) is 8.99. The highest BCUT2D eigenvalue weighted by Gasteiger charge is 2.16. The lowest BCUT2D eigenvalue weighted by Gasteiger charge is -2.11. The highest BCUT2D eigenvalue weighted by Crippen LogP contribution is 2.28. The van der Waals surface area contributed by atoms with Gasteiger partial charge in [-0.05, 0) is 29.8 Å². The van der Waals surface area contributed by atoms with Crippen LogP contribution in [0, 0.1) is 0 Å². The molecule has 0 aliphatic carbocycles. The molecule has 0 fully saturated rings. The largest absolute Gasteiger partial charge is 0.497 e. The Kier molecular flexibility index (Phi) is 6.48. The molecule has 0 aliphatic rings. The van der Waals surface area contributed by atoms with Crippen molar-refractivity contribution in [2.75, 3.05) is 19.5 Å². The molecule has 2 aromatic carbocycles. The number of carbonyl (C=O) groups is 3. The Bertz CT molecular complexity index is 877. The third-order valence-corrected chi connectivity index (χ3v) is 3.40. The lowest BCUT2D eigenvalue weighted by atomic mass is 10.1. The SMILES string of the molecule is COc1ccc(OC)c(NC(=O)C(=O)N/N=C\c2ccc(C(=O)O)cc2)c1. The van der Waals surface area contributed by atoms with E-state index in [-0.39, 0.29) is 11.3 Å². The van der Waals surface area contributed by atoms with E-state index in [1.165, 1.54) is 50.8 Å². The van der Waals surface area contributed by atoms with E-state index < -0.39 is 17.8 Å². The molecular weight excluding hydrogens is 354 g/mol. The number of carboxylic acids is 1. The number of amides is 2. The normalized spacial score (nSPS) is 10.3. The fourth-order valence-corrected chi connectivity index (χ4v) is 2.02. The monoisotopic (exact) mass is 371 g/mol. The van der Waals surface area contributed by atoms with Crippen molar-refractivity contribution in [3.8, 4) is 11.5 Å². The highest BCUT2D eigenvalue weighted by molar-refractivity contribution is 6.39. The van der Waals surface area contributed by atoms with Gasteiger partial charge in [-0.1, -0.05) is 12.1 Å². The maximum Gasteiger partial charge on any atom is 0.335 e. The topological polar surface area (TPSA) is 126 Å². The van der Waals surface area contributed by atoms with Crippen molar-refractivity contribution in [2.24, 2.45) is 5.10 Å². The van der Waals surface area contributed by atoms with Gasteiger partial charge in [0, 0.05) is 6.07 Å². The zero-order valence-corrected chi connectivity index (χ0v) is 14.6. The molecule has 0 saturated carbocycles. The van der Waals surface area contributed by atoms with E-state index in [1.807, 2.05) is 0 Å². The number of methoxy groups -OCH3 is 2. The van der Waals surface area contributed by atoms with E-state index in [0.29, 0.717) is 17.1 Å². The summed E-state index contributed by atoms with van der Waals surface area (Å²) in [5.41, 5.74) is 3.03. The van der Waals surface area contributed by atoms with Crippen LogP contribution in [0.5, 0.6) is 11.5 Å². The number of carboxylic acid groups (broad SMARTS) is 1. The molecule has 140 valence electrons. The average Bonchev–Trinajstić information content (AvgIpc) is 2.68. The van der Waals surface area contributed by atoms with Gasteiger partial charge in [0.2, 0.25) is 0 Å². The lowest BCUT2D eigenvalue weighted by molar-refractivity contribution is -0.136. The minimum Gasteiger partial charge on any atom is -0.497 e. The molecule has 0 unspecified atom stereocenters. The number of benzene rings is 2. The molecule has 3 N–H and O–H groups in total. The fourth-order valence-electron chi connectivity index (χ4n) is 2.02. The summed E-state index contributed by atoms with van der Waals surface area (Å²) in [6.07, 6.45) is 1.28. The summed E-state index contributed by atoms with van der Waals surface area (Å²) in [6.45, 7) is 0. The first-order valence-corrected chi connectivity index (χ1v) is 7.64. The third kappa shape index (κ3) is 5.30. The molecule has 0 atom stereocenters. The Labute approximate surface area is 154 Å². The average molecular weight is 371 g/mol. The van der Waals surface area contributed by atoms with Crippen molar-refractivity contribution in [3.05, 3.63) is 53.6 Å². The number of rotatable bonds is 6. The molecule has 0 aromatic heterocycles. The molecule has 0 spiro atoms. The summed E-state index contributed by atoms with van der Waals surface area (Å²) in [5.74, 6) is -2.14. The predicted octanol–water partition coefficient (Wildman–Crippen LogP) is 1.49. The summed E-state index contributed by atoms with van der Waals surface area (Å²) in [6, 6.07) is 10.6. The maximum atomic E-state index is 12.0. The van der Waals surface area contributed by atoms with E-state index in [4.69, 9.17) is 14.6 Å². The molecular formula is C18H17N3O6. The van der Waals surface area contributed by atoms with Crippen molar-refractivity contribution in [1.29, 1.82) is 0 Å². The highest BCUT2D eigenvalue weighted by atomic mass is 16.5. The van der Waals surface area contributed by atoms with Crippen LogP contribution in [0.1, 0.15) is 15.9 Å². The first kappa shape index (κ1) is 19.4. The van der Waals surface area contributed by atoms with Gasteiger partial charge in [-0.25, -0.2) is 10.2 Å². The zero-order valence-electron chi connectivity index (χ0n) is 14.6. The first-order chi connectivity index (χ1) is 12.9. The van der Waals surface area contributed by atoms with Crippen LogP contribution in [0.2, 0.25) is 0 Å². The molecule has 0 heterocycles. The lowest BCUT2D eigenvalue weighted by Crippen LogP contribution is -2.32. The Hall–Kier alpha value is -3.88. The predicted molar refractivity (Wildman–Crippen MR) is 97.3 cm³/mol. The van der Waals surface area contributed by atoms with Gasteiger partial charge in [-0.3, -0.25) is 9.59 Å². The first-order valence-electron chi connectivity index (χ1n) is 7.64. The number of nitrogens with zero attached hydrogens (tertiary/aromatic N) is 1. The molecule has 27 heavy (non-hydrogen) atoms. The summed E-state index contributed by atoms with van der Waals surface area (Å²) in [4.78, 5) is 34.6. The van der Waals surface area contributed by atoms with Crippen LogP contribution in [0.4, 0.5) is 5.69 Å². The number of ether oxygens (including phenoxy) is 2. The molecule has 2 aromatic rings. The Morgan fingerprint density at radius 2 is 1.70 bits per heavy atom. The number of hydrogen-bond donors (Lipinski definition) is 3. The van der Waals surface area contributed by atoms with Crippen LogP contribution in [-0.2, 0) is 9.59 Å². The number of aromatic carboxylic acids is 1. The Balaban J connectivity index is 1.97. The number of nitrogens with one attached hydrogen (secondary N) is 2. The smallest absolute Gasteiger partial charge is 0.335 e. The summed E-state index contributed by atoms with van der Waals surface area (Å²) in [5, 5.41) is 14.9. The van der Waals surface area contributed by atoms with Crippen molar-refractivity contribution in [3.63, 3.8) is 0 Å². The van der Waals surface area contributed by atoms with Gasteiger partial charge in [-0.15, -0.1) is 0 Å². The van der Waals surface area contributed by atoms with Gasteiger partial charge in [0.05, 0.1) is 31.7 Å². The molecule has 2 amide bonds. The van der Waals surface area contributed by atoms with Crippen LogP contribution in [0.3, 0.4) is 0 Å². The van der Waals surface area contributed by atoms with E-state index >= 15 is 0 Å². The second-order valence-corrected chi connectivity index (χ2v) is 5.15. The van der Waals surface area contributed by atoms with Gasteiger partial charge in [0.15, 0.2) is 0 Å². The van der Waals surface area contributed by atoms with Crippen LogP contribution in [-0.4, -0.2) is 43.3 Å². The standard InChI is InChI=1S/C18H17N3O6/c1-26-13-7-8-15(27-2)14(9-13)20-16(22)17(23)21-19-10-11-3-5-12(6-4-11)18(24)25/h3-10H,1-2H3,(H,20,22)(H,21,23)(H,24,25)/b19-10-. The number of hydrazone groups is 1. The molecule has 9 nitrogen and oxygen atoms in total. The Morgan fingerprint density at radius 3 is 2.30 bits per heavy atom. The number of carbonyl (C=O) groups excluding carboxylic acids is 2. The molecule has 0 bridgehead atoms. The van der Waals surface area contributed by atoms with Crippen LogP contribution >= 0.6 is 0 Å². The minimum atomic E-state index is -1.04. The van der Waals surface area contributed by atoms with E-state index in [0.717, 1.165) is 0 Å². The van der Waals surface area contributed by atoms with E-state index in [2.05, 4.69) is 15.8 Å². The van der Waals surface area contributed by atoms with E-state index in [1.54, 1.807) is 12.1 Å². The second-order valence-electron chi connectivity index (χ2n) is 5.15. The molecule has 0 radical (unpaired) electrons. The van der Waals surface area contributed by atoms with Crippen LogP contribution < -0.4 is 20.2 Å². The molecule has 0 saturated heterocycles. The summed E-state index contributed by atoms with van der Waals surface area (Å²) >= 11 is 0. The van der Waals surface area contributed by atoms with Gasteiger partial charge in [-0.2, -0.15) is 5.10 Å². The van der Waals surface area contributed by atoms with Gasteiger partial charge in [0.25, 0.3) is 0 Å². The minimum absolute atomic E-state index is 0.128. The van der Waals surface area contributed by atoms with E-state index in [9.17, 15) is 14.4 Å². The van der Waals surface area contributed by atoms with Crippen molar-refractivity contribution >= 4 is 29.7 Å². The quantitative estimate of drug-likeness (QED) is 0.401. The molecule has 9 heteroatoms. The van der Waals surface area contributed by atoms with Crippen LogP contribution in [0.15, 0.2) is 47.6 Å². The maximum absolute atomic E-state index is 12.0. The summed E-state index contributed by atoms with van der Waals surface area (Å²) in [7, 11) is 2.90. The number of hydrogen-bond acceptors (Lipinski definition) is 6. The zero-order chi connectivity index (χ0) is 19.8. The van der Waals surface area contributed by atoms with Gasteiger partial charge in [0.1, 0.15) is 11.5 Å². The van der Waals surface area contributed by atoms with Crippen molar-refractivity contribution in [2.45, 2.75) is 0 Å². The van der Waals surface area contributed by atoms with Crippen molar-refractivity contribution in [1.82, 2.24) is 5.43 Å². The fraction of sp³-hybridized carbons (Fsp3) is 0.111. The third-order valence-electron chi connectivity index (χ3n) is 3.40. The van der Waals surface area contributed by atoms with Crippen LogP contribution in [0.25, 0.3) is 0 Å². The van der Waals surface area contributed by atoms with Gasteiger partial charge < -0.3 is 19.9 Å².